The topological polar surface area (TPSA) is 76.7 Å². The molecule has 2 amide bonds. The van der Waals surface area contributed by atoms with Crippen LogP contribution < -0.4 is 10.6 Å². The van der Waals surface area contributed by atoms with Gasteiger partial charge in [0.05, 0.1) is 26.4 Å². The van der Waals surface area contributed by atoms with Crippen LogP contribution in [-0.4, -0.2) is 44.4 Å². The molecule has 1 fully saturated rings. The van der Waals surface area contributed by atoms with Gasteiger partial charge in [0.2, 0.25) is 5.91 Å². The minimum atomic E-state index is -0.598. The second kappa shape index (κ2) is 6.58. The lowest BCUT2D eigenvalue weighted by Gasteiger charge is -2.24. The summed E-state index contributed by atoms with van der Waals surface area (Å²) in [4.78, 5) is 23.3. The van der Waals surface area contributed by atoms with E-state index in [9.17, 15) is 9.59 Å². The molecule has 0 aromatic carbocycles. The summed E-state index contributed by atoms with van der Waals surface area (Å²) < 4.78 is 9.80. The fraction of sp³-hybridized carbons (Fsp3) is 0.833. The number of nitrogens with one attached hydrogen (secondary N) is 2. The lowest BCUT2D eigenvalue weighted by Crippen LogP contribution is -2.53. The van der Waals surface area contributed by atoms with Crippen molar-refractivity contribution in [1.29, 1.82) is 0 Å². The van der Waals surface area contributed by atoms with Gasteiger partial charge in [0.25, 0.3) is 0 Å². The molecule has 2 N–H and O–H groups in total. The van der Waals surface area contributed by atoms with E-state index in [1.54, 1.807) is 0 Å². The van der Waals surface area contributed by atoms with Crippen LogP contribution in [0.25, 0.3) is 0 Å². The Hall–Kier alpha value is -1.30. The second-order valence-corrected chi connectivity index (χ2v) is 4.99. The van der Waals surface area contributed by atoms with Gasteiger partial charge >= 0.3 is 6.09 Å². The molecule has 0 saturated carbocycles. The zero-order chi connectivity index (χ0) is 13.7. The SMILES string of the molecule is COC(=O)N[C@H](C(=O)N[C@H]1COCC1C)C(C)C. The highest BCUT2D eigenvalue weighted by Crippen LogP contribution is 2.13. The van der Waals surface area contributed by atoms with E-state index in [2.05, 4.69) is 15.4 Å². The summed E-state index contributed by atoms with van der Waals surface area (Å²) in [5.41, 5.74) is 0. The molecule has 1 aliphatic rings. The standard InChI is InChI=1S/C12H22N2O4/c1-7(2)10(14-12(16)17-4)11(15)13-9-6-18-5-8(9)3/h7-10H,5-6H2,1-4H3,(H,13,15)(H,14,16)/t8?,9-,10-/m0/s1. The molecule has 6 nitrogen and oxygen atoms in total. The summed E-state index contributed by atoms with van der Waals surface area (Å²) in [7, 11) is 1.28. The highest BCUT2D eigenvalue weighted by atomic mass is 16.5. The molecule has 1 saturated heterocycles. The van der Waals surface area contributed by atoms with Gasteiger partial charge < -0.3 is 20.1 Å². The van der Waals surface area contributed by atoms with Crippen LogP contribution in [0.4, 0.5) is 4.79 Å². The Morgan fingerprint density at radius 2 is 2.00 bits per heavy atom. The van der Waals surface area contributed by atoms with E-state index in [1.165, 1.54) is 7.11 Å². The normalized spacial score (nSPS) is 24.7. The molecule has 0 aliphatic carbocycles. The van der Waals surface area contributed by atoms with Crippen molar-refractivity contribution in [3.63, 3.8) is 0 Å². The first-order valence-electron chi connectivity index (χ1n) is 6.18. The lowest BCUT2D eigenvalue weighted by molar-refractivity contribution is -0.125. The number of carbonyl (C=O) groups is 2. The van der Waals surface area contributed by atoms with Crippen LogP contribution in [0.15, 0.2) is 0 Å². The zero-order valence-corrected chi connectivity index (χ0v) is 11.4. The van der Waals surface area contributed by atoms with Crippen LogP contribution in [0.2, 0.25) is 0 Å². The predicted molar refractivity (Wildman–Crippen MR) is 66.1 cm³/mol. The third kappa shape index (κ3) is 3.87. The second-order valence-electron chi connectivity index (χ2n) is 4.99. The quantitative estimate of drug-likeness (QED) is 0.770. The van der Waals surface area contributed by atoms with Gasteiger partial charge in [-0.15, -0.1) is 0 Å². The van der Waals surface area contributed by atoms with Crippen LogP contribution in [0.5, 0.6) is 0 Å². The summed E-state index contributed by atoms with van der Waals surface area (Å²) in [5.74, 6) is 0.0827. The van der Waals surface area contributed by atoms with Crippen molar-refractivity contribution in [3.05, 3.63) is 0 Å². The van der Waals surface area contributed by atoms with Crippen molar-refractivity contribution in [2.24, 2.45) is 11.8 Å². The summed E-state index contributed by atoms with van der Waals surface area (Å²) in [6, 6.07) is -0.580. The van der Waals surface area contributed by atoms with E-state index in [0.717, 1.165) is 0 Å². The van der Waals surface area contributed by atoms with Crippen molar-refractivity contribution in [3.8, 4) is 0 Å². The van der Waals surface area contributed by atoms with Crippen molar-refractivity contribution in [2.45, 2.75) is 32.9 Å². The molecular formula is C12H22N2O4. The molecule has 6 heteroatoms. The molecule has 1 heterocycles. The van der Waals surface area contributed by atoms with Crippen LogP contribution >= 0.6 is 0 Å². The molecular weight excluding hydrogens is 236 g/mol. The van der Waals surface area contributed by atoms with Gasteiger partial charge in [-0.25, -0.2) is 4.79 Å². The van der Waals surface area contributed by atoms with Crippen molar-refractivity contribution < 1.29 is 19.1 Å². The zero-order valence-electron chi connectivity index (χ0n) is 11.4. The van der Waals surface area contributed by atoms with E-state index in [4.69, 9.17) is 4.74 Å². The molecule has 0 radical (unpaired) electrons. The number of alkyl carbamates (subject to hydrolysis) is 1. The number of ether oxygens (including phenoxy) is 2. The number of hydrogen-bond acceptors (Lipinski definition) is 4. The number of amides is 2. The summed E-state index contributed by atoms with van der Waals surface area (Å²) >= 11 is 0. The van der Waals surface area contributed by atoms with E-state index in [-0.39, 0.29) is 17.9 Å². The Kier molecular flexibility index (Phi) is 5.40. The van der Waals surface area contributed by atoms with Crippen LogP contribution in [-0.2, 0) is 14.3 Å². The molecule has 1 unspecified atom stereocenters. The van der Waals surface area contributed by atoms with Crippen LogP contribution in [0, 0.1) is 11.8 Å². The monoisotopic (exact) mass is 258 g/mol. The molecule has 0 bridgehead atoms. The van der Waals surface area contributed by atoms with Gasteiger partial charge in [-0.05, 0) is 5.92 Å². The van der Waals surface area contributed by atoms with Gasteiger partial charge in [-0.3, -0.25) is 4.79 Å². The molecule has 1 rings (SSSR count). The number of methoxy groups -OCH3 is 1. The minimum Gasteiger partial charge on any atom is -0.453 e. The summed E-state index contributed by atoms with van der Waals surface area (Å²) in [6.07, 6.45) is -0.598. The minimum absolute atomic E-state index is 0.0122. The van der Waals surface area contributed by atoms with E-state index < -0.39 is 12.1 Å². The van der Waals surface area contributed by atoms with Crippen molar-refractivity contribution in [2.75, 3.05) is 20.3 Å². The third-order valence-corrected chi connectivity index (χ3v) is 3.10. The Labute approximate surface area is 107 Å². The van der Waals surface area contributed by atoms with Crippen LogP contribution in [0.3, 0.4) is 0 Å². The maximum Gasteiger partial charge on any atom is 0.407 e. The number of carbonyl (C=O) groups excluding carboxylic acids is 2. The summed E-state index contributed by atoms with van der Waals surface area (Å²) in [6.45, 7) is 6.94. The first kappa shape index (κ1) is 14.8. The Bertz CT molecular complexity index is 306. The fourth-order valence-corrected chi connectivity index (χ4v) is 1.84. The molecule has 1 aliphatic heterocycles. The largest absolute Gasteiger partial charge is 0.453 e. The van der Waals surface area contributed by atoms with E-state index in [0.29, 0.717) is 19.1 Å². The predicted octanol–water partition coefficient (Wildman–Crippen LogP) is 0.518. The van der Waals surface area contributed by atoms with Gasteiger partial charge in [0, 0.05) is 5.92 Å². The Morgan fingerprint density at radius 1 is 1.33 bits per heavy atom. The van der Waals surface area contributed by atoms with Gasteiger partial charge in [0.1, 0.15) is 6.04 Å². The van der Waals surface area contributed by atoms with Gasteiger partial charge in [0.15, 0.2) is 0 Å². The van der Waals surface area contributed by atoms with Crippen molar-refractivity contribution in [1.82, 2.24) is 10.6 Å². The first-order valence-corrected chi connectivity index (χ1v) is 6.18. The maximum absolute atomic E-state index is 12.1. The molecule has 0 aromatic heterocycles. The average Bonchev–Trinajstić information content (AvgIpc) is 2.71. The highest BCUT2D eigenvalue weighted by molar-refractivity contribution is 5.86. The highest BCUT2D eigenvalue weighted by Gasteiger charge is 2.30. The first-order chi connectivity index (χ1) is 8.45. The van der Waals surface area contributed by atoms with Crippen LogP contribution in [0.1, 0.15) is 20.8 Å². The fourth-order valence-electron chi connectivity index (χ4n) is 1.84. The molecule has 0 spiro atoms. The Morgan fingerprint density at radius 3 is 2.44 bits per heavy atom. The number of rotatable bonds is 4. The van der Waals surface area contributed by atoms with Gasteiger partial charge in [-0.1, -0.05) is 20.8 Å². The average molecular weight is 258 g/mol. The molecule has 18 heavy (non-hydrogen) atoms. The van der Waals surface area contributed by atoms with Crippen molar-refractivity contribution >= 4 is 12.0 Å². The molecule has 104 valence electrons. The summed E-state index contributed by atoms with van der Waals surface area (Å²) in [5, 5.41) is 5.45. The smallest absolute Gasteiger partial charge is 0.407 e. The lowest BCUT2D eigenvalue weighted by atomic mass is 10.0. The van der Waals surface area contributed by atoms with E-state index in [1.807, 2.05) is 20.8 Å². The maximum atomic E-state index is 12.1. The van der Waals surface area contributed by atoms with E-state index >= 15 is 0 Å². The molecule has 3 atom stereocenters. The number of hydrogen-bond donors (Lipinski definition) is 2. The molecule has 0 aromatic rings. The van der Waals surface area contributed by atoms with Gasteiger partial charge in [-0.2, -0.15) is 0 Å². The third-order valence-electron chi connectivity index (χ3n) is 3.10. The Balaban J connectivity index is 2.56.